The number of anilines is 3. The van der Waals surface area contributed by atoms with Gasteiger partial charge in [0.25, 0.3) is 0 Å². The topological polar surface area (TPSA) is 117 Å². The molecule has 0 bridgehead atoms. The van der Waals surface area contributed by atoms with Crippen LogP contribution in [0.2, 0.25) is 0 Å². The van der Waals surface area contributed by atoms with Gasteiger partial charge in [-0.15, -0.1) is 10.2 Å². The van der Waals surface area contributed by atoms with Crippen molar-refractivity contribution >= 4 is 29.3 Å². The largest absolute Gasteiger partial charge is 0.495 e. The second-order valence-electron chi connectivity index (χ2n) is 6.41. The van der Waals surface area contributed by atoms with E-state index in [0.29, 0.717) is 29.2 Å². The number of nitrogens with one attached hydrogen (secondary N) is 1. The molecule has 1 saturated carbocycles. The lowest BCUT2D eigenvalue weighted by Crippen LogP contribution is -2.07. The zero-order valence-corrected chi connectivity index (χ0v) is 16.6. The third kappa shape index (κ3) is 4.01. The number of nitrogens with two attached hydrogens (primary N) is 1. The van der Waals surface area contributed by atoms with Crippen molar-refractivity contribution in [3.8, 4) is 5.75 Å². The van der Waals surface area contributed by atoms with Crippen molar-refractivity contribution in [2.45, 2.75) is 43.1 Å². The van der Waals surface area contributed by atoms with E-state index < -0.39 is 0 Å². The molecule has 146 valence electrons. The molecule has 0 aliphatic heterocycles. The summed E-state index contributed by atoms with van der Waals surface area (Å²) >= 11 is 1.55. The van der Waals surface area contributed by atoms with E-state index in [9.17, 15) is 0 Å². The van der Waals surface area contributed by atoms with Gasteiger partial charge in [0.2, 0.25) is 11.9 Å². The molecular weight excluding hydrogens is 376 g/mol. The van der Waals surface area contributed by atoms with Gasteiger partial charge >= 0.3 is 0 Å². The van der Waals surface area contributed by atoms with E-state index in [0.717, 1.165) is 23.2 Å². The summed E-state index contributed by atoms with van der Waals surface area (Å²) in [6.07, 6.45) is 2.40. The zero-order valence-electron chi connectivity index (χ0n) is 15.8. The smallest absolute Gasteiger partial charge is 0.232 e. The number of methoxy groups -OCH3 is 1. The summed E-state index contributed by atoms with van der Waals surface area (Å²) in [5, 5.41) is 12.7. The molecule has 0 atom stereocenters. The molecule has 3 N–H and O–H groups in total. The number of nitrogen functional groups attached to an aromatic ring is 1. The third-order valence-corrected chi connectivity index (χ3v) is 5.35. The van der Waals surface area contributed by atoms with Crippen LogP contribution in [0.25, 0.3) is 0 Å². The molecule has 9 nitrogen and oxygen atoms in total. The number of nitrogens with zero attached hydrogens (tertiary/aromatic N) is 6. The summed E-state index contributed by atoms with van der Waals surface area (Å²) < 4.78 is 7.52. The Labute approximate surface area is 167 Å². The summed E-state index contributed by atoms with van der Waals surface area (Å²) in [6, 6.07) is 7.55. The molecule has 2 heterocycles. The van der Waals surface area contributed by atoms with E-state index in [-0.39, 0.29) is 5.95 Å². The second kappa shape index (κ2) is 8.01. The zero-order chi connectivity index (χ0) is 19.5. The lowest BCUT2D eigenvalue weighted by Gasteiger charge is -2.10. The first kappa shape index (κ1) is 18.5. The molecule has 1 aliphatic rings. The lowest BCUT2D eigenvalue weighted by molar-refractivity contribution is 0.417. The molecular formula is C18H22N8OS. The molecule has 2 aromatic heterocycles. The van der Waals surface area contributed by atoms with Crippen molar-refractivity contribution < 1.29 is 4.74 Å². The maximum Gasteiger partial charge on any atom is 0.232 e. The van der Waals surface area contributed by atoms with Crippen LogP contribution >= 0.6 is 11.8 Å². The van der Waals surface area contributed by atoms with Crippen LogP contribution in [0.3, 0.4) is 0 Å². The van der Waals surface area contributed by atoms with E-state index in [1.807, 2.05) is 24.3 Å². The Kier molecular flexibility index (Phi) is 5.29. The summed E-state index contributed by atoms with van der Waals surface area (Å²) in [4.78, 5) is 12.9. The maximum atomic E-state index is 5.88. The number of para-hydroxylation sites is 2. The van der Waals surface area contributed by atoms with Gasteiger partial charge in [0.1, 0.15) is 17.4 Å². The van der Waals surface area contributed by atoms with Crippen LogP contribution in [0.4, 0.5) is 17.6 Å². The number of hydrogen-bond acceptors (Lipinski definition) is 9. The van der Waals surface area contributed by atoms with Crippen LogP contribution in [-0.4, -0.2) is 36.8 Å². The molecule has 0 radical (unpaired) electrons. The fraction of sp³-hybridized carbons (Fsp3) is 0.389. The molecule has 28 heavy (non-hydrogen) atoms. The standard InChI is InChI=1S/C18H22N8OS/c1-3-26-15(11-8-9-11)24-25-18(26)28-10-14-21-16(19)23-17(22-14)20-12-6-4-5-7-13(12)27-2/h4-7,11H,3,8-10H2,1-2H3,(H3,19,20,21,22,23). The second-order valence-corrected chi connectivity index (χ2v) is 7.35. The van der Waals surface area contributed by atoms with E-state index in [1.165, 1.54) is 12.8 Å². The van der Waals surface area contributed by atoms with Gasteiger partial charge in [0, 0.05) is 12.5 Å². The van der Waals surface area contributed by atoms with Crippen LogP contribution in [0, 0.1) is 0 Å². The van der Waals surface area contributed by atoms with Gasteiger partial charge in [0.15, 0.2) is 5.16 Å². The molecule has 0 saturated heterocycles. The molecule has 3 aromatic rings. The highest BCUT2D eigenvalue weighted by molar-refractivity contribution is 7.98. The third-order valence-electron chi connectivity index (χ3n) is 4.39. The van der Waals surface area contributed by atoms with Crippen LogP contribution in [0.1, 0.15) is 37.3 Å². The molecule has 0 spiro atoms. The Morgan fingerprint density at radius 1 is 1.21 bits per heavy atom. The quantitative estimate of drug-likeness (QED) is 0.552. The highest BCUT2D eigenvalue weighted by Gasteiger charge is 2.30. The highest BCUT2D eigenvalue weighted by atomic mass is 32.2. The van der Waals surface area contributed by atoms with Gasteiger partial charge in [-0.2, -0.15) is 15.0 Å². The van der Waals surface area contributed by atoms with E-state index >= 15 is 0 Å². The molecule has 0 unspecified atom stereocenters. The van der Waals surface area contributed by atoms with Crippen LogP contribution in [-0.2, 0) is 12.3 Å². The monoisotopic (exact) mass is 398 g/mol. The number of rotatable bonds is 8. The van der Waals surface area contributed by atoms with E-state index in [4.69, 9.17) is 10.5 Å². The minimum atomic E-state index is 0.165. The fourth-order valence-electron chi connectivity index (χ4n) is 2.90. The molecule has 10 heteroatoms. The van der Waals surface area contributed by atoms with Gasteiger partial charge in [0.05, 0.1) is 18.6 Å². The maximum absolute atomic E-state index is 5.88. The number of aromatic nitrogens is 6. The van der Waals surface area contributed by atoms with Gasteiger partial charge in [-0.05, 0) is 31.9 Å². The molecule has 1 aliphatic carbocycles. The summed E-state index contributed by atoms with van der Waals surface area (Å²) in [6.45, 7) is 2.95. The Balaban J connectivity index is 1.50. The molecule has 1 aromatic carbocycles. The van der Waals surface area contributed by atoms with Crippen LogP contribution in [0.15, 0.2) is 29.4 Å². The van der Waals surface area contributed by atoms with Crippen molar-refractivity contribution in [3.05, 3.63) is 35.9 Å². The Bertz CT molecular complexity index is 972. The Morgan fingerprint density at radius 3 is 2.79 bits per heavy atom. The normalized spacial score (nSPS) is 13.5. The van der Waals surface area contributed by atoms with E-state index in [2.05, 4.69) is 42.0 Å². The number of thioether (sulfide) groups is 1. The predicted octanol–water partition coefficient (Wildman–Crippen LogP) is 2.99. The van der Waals surface area contributed by atoms with Crippen LogP contribution in [0.5, 0.6) is 5.75 Å². The van der Waals surface area contributed by atoms with Gasteiger partial charge in [-0.3, -0.25) is 0 Å². The minimum Gasteiger partial charge on any atom is -0.495 e. The first-order valence-corrected chi connectivity index (χ1v) is 10.1. The molecule has 1 fully saturated rings. The van der Waals surface area contributed by atoms with E-state index in [1.54, 1.807) is 18.9 Å². The Morgan fingerprint density at radius 2 is 2.04 bits per heavy atom. The molecule has 0 amide bonds. The van der Waals surface area contributed by atoms with Crippen molar-refractivity contribution in [3.63, 3.8) is 0 Å². The average molecular weight is 398 g/mol. The minimum absolute atomic E-state index is 0.165. The van der Waals surface area contributed by atoms with Crippen molar-refractivity contribution in [2.24, 2.45) is 0 Å². The van der Waals surface area contributed by atoms with Gasteiger partial charge in [-0.1, -0.05) is 23.9 Å². The summed E-state index contributed by atoms with van der Waals surface area (Å²) in [5.74, 6) is 3.98. The SMILES string of the molecule is CCn1c(SCc2nc(N)nc(Nc3ccccc3OC)n2)nnc1C1CC1. The van der Waals surface area contributed by atoms with Gasteiger partial charge < -0.3 is 20.4 Å². The van der Waals surface area contributed by atoms with Crippen LogP contribution < -0.4 is 15.8 Å². The number of benzene rings is 1. The lowest BCUT2D eigenvalue weighted by atomic mass is 10.3. The Hall–Kier alpha value is -2.88. The highest BCUT2D eigenvalue weighted by Crippen LogP contribution is 2.40. The predicted molar refractivity (Wildman–Crippen MR) is 108 cm³/mol. The number of ether oxygens (including phenoxy) is 1. The fourth-order valence-corrected chi connectivity index (χ4v) is 3.77. The molecule has 4 rings (SSSR count). The average Bonchev–Trinajstić information content (AvgIpc) is 3.46. The summed E-state index contributed by atoms with van der Waals surface area (Å²) in [7, 11) is 1.62. The first-order valence-electron chi connectivity index (χ1n) is 9.14. The summed E-state index contributed by atoms with van der Waals surface area (Å²) in [5.41, 5.74) is 6.64. The van der Waals surface area contributed by atoms with Crippen molar-refractivity contribution in [2.75, 3.05) is 18.2 Å². The van der Waals surface area contributed by atoms with Crippen molar-refractivity contribution in [1.29, 1.82) is 0 Å². The first-order chi connectivity index (χ1) is 13.7. The van der Waals surface area contributed by atoms with Gasteiger partial charge in [-0.25, -0.2) is 0 Å². The van der Waals surface area contributed by atoms with Crippen molar-refractivity contribution in [1.82, 2.24) is 29.7 Å². The number of hydrogen-bond donors (Lipinski definition) is 2.